The number of halogens is 1. The van der Waals surface area contributed by atoms with Gasteiger partial charge in [-0.3, -0.25) is 4.79 Å². The van der Waals surface area contributed by atoms with Crippen molar-refractivity contribution in [2.45, 2.75) is 11.4 Å². The first-order valence-electron chi connectivity index (χ1n) is 7.08. The van der Waals surface area contributed by atoms with Crippen LogP contribution in [0.4, 0.5) is 4.39 Å². The SMILES string of the molecule is C#CCn1c(=NC(=O)c2cccc(SC)c2)sc2cc(F)ccc21. The lowest BCUT2D eigenvalue weighted by molar-refractivity contribution is 0.0997. The van der Waals surface area contributed by atoms with Gasteiger partial charge in [0.25, 0.3) is 5.91 Å². The van der Waals surface area contributed by atoms with Gasteiger partial charge in [0.15, 0.2) is 4.80 Å². The summed E-state index contributed by atoms with van der Waals surface area (Å²) in [5.74, 6) is 1.87. The maximum absolute atomic E-state index is 13.4. The summed E-state index contributed by atoms with van der Waals surface area (Å²) in [5, 5.41) is 0. The Balaban J connectivity index is 2.13. The van der Waals surface area contributed by atoms with Crippen LogP contribution in [-0.4, -0.2) is 16.7 Å². The van der Waals surface area contributed by atoms with Gasteiger partial charge in [-0.15, -0.1) is 18.2 Å². The monoisotopic (exact) mass is 356 g/mol. The summed E-state index contributed by atoms with van der Waals surface area (Å²) in [7, 11) is 0. The van der Waals surface area contributed by atoms with Crippen LogP contribution < -0.4 is 4.80 Å². The lowest BCUT2D eigenvalue weighted by Gasteiger charge is -2.00. The Morgan fingerprint density at radius 1 is 1.38 bits per heavy atom. The van der Waals surface area contributed by atoms with E-state index in [0.29, 0.717) is 15.1 Å². The first-order valence-corrected chi connectivity index (χ1v) is 9.12. The van der Waals surface area contributed by atoms with E-state index < -0.39 is 0 Å². The summed E-state index contributed by atoms with van der Waals surface area (Å²) in [4.78, 5) is 18.1. The molecule has 0 aliphatic heterocycles. The fraction of sp³-hybridized carbons (Fsp3) is 0.111. The van der Waals surface area contributed by atoms with Gasteiger partial charge in [0, 0.05) is 10.5 Å². The Labute approximate surface area is 146 Å². The van der Waals surface area contributed by atoms with E-state index >= 15 is 0 Å². The van der Waals surface area contributed by atoms with Crippen LogP contribution in [0.1, 0.15) is 10.4 Å². The largest absolute Gasteiger partial charge is 0.305 e. The van der Waals surface area contributed by atoms with E-state index in [9.17, 15) is 9.18 Å². The first-order chi connectivity index (χ1) is 11.6. The molecule has 6 heteroatoms. The molecule has 0 saturated carbocycles. The van der Waals surface area contributed by atoms with E-state index in [1.807, 2.05) is 18.4 Å². The van der Waals surface area contributed by atoms with Crippen LogP contribution in [0.5, 0.6) is 0 Å². The summed E-state index contributed by atoms with van der Waals surface area (Å²) in [6.45, 7) is 0.266. The number of rotatable bonds is 3. The average molecular weight is 356 g/mol. The van der Waals surface area contributed by atoms with Crippen molar-refractivity contribution in [2.75, 3.05) is 6.26 Å². The van der Waals surface area contributed by atoms with Gasteiger partial charge in [-0.2, -0.15) is 4.99 Å². The summed E-state index contributed by atoms with van der Waals surface area (Å²) in [5.41, 5.74) is 1.28. The van der Waals surface area contributed by atoms with Crippen molar-refractivity contribution < 1.29 is 9.18 Å². The summed E-state index contributed by atoms with van der Waals surface area (Å²) < 4.78 is 15.9. The highest BCUT2D eigenvalue weighted by atomic mass is 32.2. The van der Waals surface area contributed by atoms with Crippen LogP contribution in [0.3, 0.4) is 0 Å². The Hall–Kier alpha value is -2.36. The number of hydrogen-bond acceptors (Lipinski definition) is 3. The fourth-order valence-electron chi connectivity index (χ4n) is 2.28. The number of carbonyl (C=O) groups is 1. The topological polar surface area (TPSA) is 34.4 Å². The minimum atomic E-state index is -0.344. The molecule has 0 aliphatic carbocycles. The van der Waals surface area contributed by atoms with Gasteiger partial charge in [-0.05, 0) is 42.7 Å². The van der Waals surface area contributed by atoms with Crippen molar-refractivity contribution >= 4 is 39.2 Å². The third kappa shape index (κ3) is 3.28. The number of amides is 1. The normalized spacial score (nSPS) is 11.6. The molecule has 0 N–H and O–H groups in total. The molecule has 24 heavy (non-hydrogen) atoms. The Kier molecular flexibility index (Phi) is 4.84. The number of thioether (sulfide) groups is 1. The minimum absolute atomic E-state index is 0.266. The first kappa shape index (κ1) is 16.5. The summed E-state index contributed by atoms with van der Waals surface area (Å²) in [6, 6.07) is 11.7. The van der Waals surface area contributed by atoms with Gasteiger partial charge in [0.2, 0.25) is 0 Å². The molecule has 0 saturated heterocycles. The minimum Gasteiger partial charge on any atom is -0.305 e. The van der Waals surface area contributed by atoms with Crippen LogP contribution >= 0.6 is 23.1 Å². The van der Waals surface area contributed by atoms with Gasteiger partial charge in [0.1, 0.15) is 5.82 Å². The van der Waals surface area contributed by atoms with Crippen molar-refractivity contribution in [3.8, 4) is 12.3 Å². The second kappa shape index (κ2) is 7.04. The Bertz CT molecular complexity index is 1030. The van der Waals surface area contributed by atoms with Crippen molar-refractivity contribution in [3.05, 3.63) is 58.6 Å². The van der Waals surface area contributed by atoms with Crippen LogP contribution in [0, 0.1) is 18.2 Å². The second-order valence-electron chi connectivity index (χ2n) is 4.94. The molecule has 2 aromatic carbocycles. The molecular weight excluding hydrogens is 343 g/mol. The summed E-state index contributed by atoms with van der Waals surface area (Å²) >= 11 is 2.80. The van der Waals surface area contributed by atoms with Crippen molar-refractivity contribution in [1.82, 2.24) is 4.57 Å². The number of terminal acetylenes is 1. The fourth-order valence-corrected chi connectivity index (χ4v) is 3.80. The number of nitrogens with zero attached hydrogens (tertiary/aromatic N) is 2. The van der Waals surface area contributed by atoms with Gasteiger partial charge in [-0.25, -0.2) is 4.39 Å². The van der Waals surface area contributed by atoms with E-state index in [2.05, 4.69) is 10.9 Å². The van der Waals surface area contributed by atoms with E-state index in [1.54, 1.807) is 34.5 Å². The molecule has 3 rings (SSSR count). The number of carbonyl (C=O) groups excluding carboxylic acids is 1. The number of thiazole rings is 1. The molecule has 1 amide bonds. The molecule has 0 spiro atoms. The van der Waals surface area contributed by atoms with Crippen LogP contribution in [0.15, 0.2) is 52.4 Å². The zero-order valence-corrected chi connectivity index (χ0v) is 14.5. The molecule has 0 bridgehead atoms. The molecule has 0 radical (unpaired) electrons. The highest BCUT2D eigenvalue weighted by Gasteiger charge is 2.10. The molecule has 3 nitrogen and oxygen atoms in total. The number of aromatic nitrogens is 1. The highest BCUT2D eigenvalue weighted by Crippen LogP contribution is 2.19. The van der Waals surface area contributed by atoms with E-state index in [1.165, 1.54) is 23.5 Å². The predicted octanol–water partition coefficient (Wildman–Crippen LogP) is 3.94. The van der Waals surface area contributed by atoms with E-state index in [0.717, 1.165) is 10.4 Å². The molecule has 0 unspecified atom stereocenters. The molecule has 1 heterocycles. The Morgan fingerprint density at radius 2 is 2.21 bits per heavy atom. The number of fused-ring (bicyclic) bond motifs is 1. The van der Waals surface area contributed by atoms with Gasteiger partial charge >= 0.3 is 0 Å². The zero-order chi connectivity index (χ0) is 17.1. The zero-order valence-electron chi connectivity index (χ0n) is 12.8. The summed E-state index contributed by atoms with van der Waals surface area (Å²) in [6.07, 6.45) is 7.37. The third-order valence-electron chi connectivity index (χ3n) is 3.41. The lowest BCUT2D eigenvalue weighted by atomic mass is 10.2. The van der Waals surface area contributed by atoms with Crippen molar-refractivity contribution in [1.29, 1.82) is 0 Å². The maximum atomic E-state index is 13.4. The molecule has 0 fully saturated rings. The molecule has 1 aromatic heterocycles. The molecule has 120 valence electrons. The maximum Gasteiger partial charge on any atom is 0.279 e. The third-order valence-corrected chi connectivity index (χ3v) is 5.17. The quantitative estimate of drug-likeness (QED) is 0.526. The molecule has 3 aromatic rings. The number of benzene rings is 2. The van der Waals surface area contributed by atoms with Gasteiger partial charge < -0.3 is 4.57 Å². The Morgan fingerprint density at radius 3 is 2.96 bits per heavy atom. The average Bonchev–Trinajstić information content (AvgIpc) is 2.91. The molecule has 0 atom stereocenters. The van der Waals surface area contributed by atoms with E-state index in [4.69, 9.17) is 6.42 Å². The predicted molar refractivity (Wildman–Crippen MR) is 96.7 cm³/mol. The second-order valence-corrected chi connectivity index (χ2v) is 6.82. The van der Waals surface area contributed by atoms with Crippen molar-refractivity contribution in [3.63, 3.8) is 0 Å². The molecular formula is C18H13FN2OS2. The van der Waals surface area contributed by atoms with Crippen molar-refractivity contribution in [2.24, 2.45) is 4.99 Å². The van der Waals surface area contributed by atoms with Crippen LogP contribution in [0.2, 0.25) is 0 Å². The smallest absolute Gasteiger partial charge is 0.279 e. The molecule has 0 aliphatic rings. The van der Waals surface area contributed by atoms with Gasteiger partial charge in [-0.1, -0.05) is 23.3 Å². The van der Waals surface area contributed by atoms with E-state index in [-0.39, 0.29) is 18.3 Å². The van der Waals surface area contributed by atoms with Gasteiger partial charge in [0.05, 0.1) is 16.8 Å². The van der Waals surface area contributed by atoms with Crippen LogP contribution in [-0.2, 0) is 6.54 Å². The van der Waals surface area contributed by atoms with Crippen LogP contribution in [0.25, 0.3) is 10.2 Å². The highest BCUT2D eigenvalue weighted by molar-refractivity contribution is 7.98. The number of hydrogen-bond donors (Lipinski definition) is 0. The standard InChI is InChI=1S/C18H13FN2OS2/c1-3-9-21-15-8-7-13(19)11-16(15)24-18(21)20-17(22)12-5-4-6-14(10-12)23-2/h1,4-8,10-11H,9H2,2H3. The lowest BCUT2D eigenvalue weighted by Crippen LogP contribution is -2.16.